The Balaban J connectivity index is 4.20. The van der Waals surface area contributed by atoms with Gasteiger partial charge < -0.3 is 9.80 Å². The van der Waals surface area contributed by atoms with Crippen molar-refractivity contribution in [2.45, 2.75) is 32.4 Å². The maximum atomic E-state index is 12.0. The lowest BCUT2D eigenvalue weighted by molar-refractivity contribution is -0.130. The average molecular weight is 246 g/mol. The van der Waals surface area contributed by atoms with Gasteiger partial charge in [0.05, 0.1) is 0 Å². The monoisotopic (exact) mass is 246 g/mol. The molecule has 0 aromatic carbocycles. The van der Waals surface area contributed by atoms with E-state index in [1.807, 2.05) is 30.5 Å². The second kappa shape index (κ2) is 8.88. The second-order valence-corrected chi connectivity index (χ2v) is 5.69. The van der Waals surface area contributed by atoms with Gasteiger partial charge in [-0.2, -0.15) is 11.8 Å². The van der Waals surface area contributed by atoms with Gasteiger partial charge in [-0.1, -0.05) is 6.92 Å². The Morgan fingerprint density at radius 1 is 1.19 bits per heavy atom. The third kappa shape index (κ3) is 6.38. The topological polar surface area (TPSA) is 23.6 Å². The Labute approximate surface area is 105 Å². The first kappa shape index (κ1) is 15.8. The van der Waals surface area contributed by atoms with E-state index in [0.29, 0.717) is 11.7 Å². The molecule has 0 saturated carbocycles. The molecule has 1 amide bonds. The van der Waals surface area contributed by atoms with E-state index in [-0.39, 0.29) is 5.91 Å². The molecule has 16 heavy (non-hydrogen) atoms. The number of hydrogen-bond donors (Lipinski definition) is 0. The zero-order chi connectivity index (χ0) is 12.6. The minimum Gasteiger partial charge on any atom is -0.343 e. The molecule has 1 atom stereocenters. The van der Waals surface area contributed by atoms with Crippen LogP contribution in [0.1, 0.15) is 27.2 Å². The molecule has 0 heterocycles. The molecule has 0 aliphatic heterocycles. The summed E-state index contributed by atoms with van der Waals surface area (Å²) >= 11 is 1.88. The van der Waals surface area contributed by atoms with Gasteiger partial charge in [0.15, 0.2) is 0 Å². The fraction of sp³-hybridized carbons (Fsp3) is 0.917. The first-order valence-electron chi connectivity index (χ1n) is 6.09. The van der Waals surface area contributed by atoms with Gasteiger partial charge in [-0.3, -0.25) is 4.79 Å². The lowest BCUT2D eigenvalue weighted by Gasteiger charge is -2.24. The molecule has 0 spiro atoms. The van der Waals surface area contributed by atoms with Crippen molar-refractivity contribution < 1.29 is 4.79 Å². The maximum absolute atomic E-state index is 12.0. The molecule has 0 fully saturated rings. The van der Waals surface area contributed by atoms with Crippen LogP contribution in [-0.4, -0.2) is 60.4 Å². The molecule has 0 aromatic heterocycles. The normalized spacial score (nSPS) is 12.9. The Morgan fingerprint density at radius 2 is 1.75 bits per heavy atom. The van der Waals surface area contributed by atoms with Crippen LogP contribution in [0.3, 0.4) is 0 Å². The Kier molecular flexibility index (Phi) is 8.76. The standard InChI is InChI=1S/C12H26N2OS/c1-6-14(7-2)12(15)9-11(16-8-3)10-13(4)5/h11H,6-10H2,1-5H3. The first-order valence-corrected chi connectivity index (χ1v) is 7.14. The van der Waals surface area contributed by atoms with E-state index in [1.165, 1.54) is 0 Å². The number of amides is 1. The van der Waals surface area contributed by atoms with Gasteiger partial charge in [-0.15, -0.1) is 0 Å². The molecule has 3 nitrogen and oxygen atoms in total. The molecule has 0 radical (unpaired) electrons. The fourth-order valence-corrected chi connectivity index (χ4v) is 2.85. The van der Waals surface area contributed by atoms with E-state index in [2.05, 4.69) is 25.9 Å². The summed E-state index contributed by atoms with van der Waals surface area (Å²) < 4.78 is 0. The molecule has 96 valence electrons. The van der Waals surface area contributed by atoms with Crippen LogP contribution in [0.4, 0.5) is 0 Å². The van der Waals surface area contributed by atoms with Crippen molar-refractivity contribution >= 4 is 17.7 Å². The molecule has 0 aliphatic carbocycles. The van der Waals surface area contributed by atoms with E-state index in [9.17, 15) is 4.79 Å². The first-order chi connectivity index (χ1) is 7.54. The molecule has 0 rings (SSSR count). The van der Waals surface area contributed by atoms with Crippen LogP contribution in [0.5, 0.6) is 0 Å². The molecule has 1 unspecified atom stereocenters. The van der Waals surface area contributed by atoms with Crippen LogP contribution < -0.4 is 0 Å². The lowest BCUT2D eigenvalue weighted by atomic mass is 10.2. The molecule has 0 aromatic rings. The maximum Gasteiger partial charge on any atom is 0.223 e. The molecule has 0 aliphatic rings. The van der Waals surface area contributed by atoms with Crippen LogP contribution in [0.25, 0.3) is 0 Å². The predicted molar refractivity (Wildman–Crippen MR) is 73.0 cm³/mol. The van der Waals surface area contributed by atoms with Gasteiger partial charge in [0, 0.05) is 31.3 Å². The molecular formula is C12H26N2OS. The number of thioether (sulfide) groups is 1. The van der Waals surface area contributed by atoms with E-state index in [1.54, 1.807) is 0 Å². The summed E-state index contributed by atoms with van der Waals surface area (Å²) in [5.41, 5.74) is 0. The van der Waals surface area contributed by atoms with Crippen molar-refractivity contribution in [2.24, 2.45) is 0 Å². The highest BCUT2D eigenvalue weighted by Crippen LogP contribution is 2.16. The van der Waals surface area contributed by atoms with Crippen LogP contribution in [0, 0.1) is 0 Å². The highest BCUT2D eigenvalue weighted by atomic mass is 32.2. The summed E-state index contributed by atoms with van der Waals surface area (Å²) in [5, 5.41) is 0.424. The summed E-state index contributed by atoms with van der Waals surface area (Å²) in [6.07, 6.45) is 0.665. The van der Waals surface area contributed by atoms with Crippen molar-refractivity contribution in [3.05, 3.63) is 0 Å². The Bertz CT molecular complexity index is 193. The van der Waals surface area contributed by atoms with Crippen LogP contribution in [0.2, 0.25) is 0 Å². The second-order valence-electron chi connectivity index (χ2n) is 4.11. The number of carbonyl (C=O) groups is 1. The number of rotatable bonds is 8. The van der Waals surface area contributed by atoms with E-state index < -0.39 is 0 Å². The molecule has 0 N–H and O–H groups in total. The van der Waals surface area contributed by atoms with Crippen LogP contribution >= 0.6 is 11.8 Å². The van der Waals surface area contributed by atoms with E-state index in [4.69, 9.17) is 0 Å². The van der Waals surface area contributed by atoms with Crippen molar-refractivity contribution in [3.8, 4) is 0 Å². The Morgan fingerprint density at radius 3 is 2.12 bits per heavy atom. The van der Waals surface area contributed by atoms with Gasteiger partial charge in [0.2, 0.25) is 5.91 Å². The summed E-state index contributed by atoms with van der Waals surface area (Å²) in [6.45, 7) is 8.84. The largest absolute Gasteiger partial charge is 0.343 e. The highest BCUT2D eigenvalue weighted by Gasteiger charge is 2.17. The number of nitrogens with zero attached hydrogens (tertiary/aromatic N) is 2. The third-order valence-electron chi connectivity index (χ3n) is 2.49. The molecular weight excluding hydrogens is 220 g/mol. The summed E-state index contributed by atoms with van der Waals surface area (Å²) in [7, 11) is 4.12. The minimum absolute atomic E-state index is 0.290. The predicted octanol–water partition coefficient (Wildman–Crippen LogP) is 1.93. The van der Waals surface area contributed by atoms with Gasteiger partial charge in [-0.25, -0.2) is 0 Å². The zero-order valence-corrected chi connectivity index (χ0v) is 12.1. The van der Waals surface area contributed by atoms with Crippen LogP contribution in [0.15, 0.2) is 0 Å². The van der Waals surface area contributed by atoms with Gasteiger partial charge in [-0.05, 0) is 33.7 Å². The van der Waals surface area contributed by atoms with Crippen molar-refractivity contribution in [1.29, 1.82) is 0 Å². The minimum atomic E-state index is 0.290. The van der Waals surface area contributed by atoms with Crippen molar-refractivity contribution in [1.82, 2.24) is 9.80 Å². The van der Waals surface area contributed by atoms with E-state index >= 15 is 0 Å². The fourth-order valence-electron chi connectivity index (χ4n) is 1.72. The molecule has 0 saturated heterocycles. The lowest BCUT2D eigenvalue weighted by Crippen LogP contribution is -2.35. The van der Waals surface area contributed by atoms with E-state index in [0.717, 1.165) is 25.4 Å². The SMILES string of the molecule is CCSC(CC(=O)N(CC)CC)CN(C)C. The third-order valence-corrected chi connectivity index (χ3v) is 3.61. The summed E-state index contributed by atoms with van der Waals surface area (Å²) in [4.78, 5) is 16.0. The zero-order valence-electron chi connectivity index (χ0n) is 11.3. The number of hydrogen-bond acceptors (Lipinski definition) is 3. The molecule has 0 bridgehead atoms. The summed E-state index contributed by atoms with van der Waals surface area (Å²) in [6, 6.07) is 0. The molecule has 4 heteroatoms. The van der Waals surface area contributed by atoms with Crippen LogP contribution in [-0.2, 0) is 4.79 Å². The van der Waals surface area contributed by atoms with Gasteiger partial charge in [0.25, 0.3) is 0 Å². The van der Waals surface area contributed by atoms with Crippen molar-refractivity contribution in [2.75, 3.05) is 39.5 Å². The smallest absolute Gasteiger partial charge is 0.223 e. The Hall–Kier alpha value is -0.220. The number of carbonyl (C=O) groups excluding carboxylic acids is 1. The quantitative estimate of drug-likeness (QED) is 0.654. The van der Waals surface area contributed by atoms with Gasteiger partial charge in [0.1, 0.15) is 0 Å². The highest BCUT2D eigenvalue weighted by molar-refractivity contribution is 7.99. The van der Waals surface area contributed by atoms with Crippen molar-refractivity contribution in [3.63, 3.8) is 0 Å². The average Bonchev–Trinajstić information content (AvgIpc) is 2.18. The summed E-state index contributed by atoms with van der Waals surface area (Å²) in [5.74, 6) is 1.36. The van der Waals surface area contributed by atoms with Gasteiger partial charge >= 0.3 is 0 Å².